The molecule has 2 aromatic rings. The zero-order valence-corrected chi connectivity index (χ0v) is 17.0. The summed E-state index contributed by atoms with van der Waals surface area (Å²) in [5, 5.41) is 7.05. The molecular formula is C19H22ClN5O2S. The van der Waals surface area contributed by atoms with E-state index in [1.165, 1.54) is 17.5 Å². The van der Waals surface area contributed by atoms with Gasteiger partial charge in [0, 0.05) is 43.2 Å². The lowest BCUT2D eigenvalue weighted by Crippen LogP contribution is -2.46. The fraction of sp³-hybridized carbons (Fsp3) is 0.474. The summed E-state index contributed by atoms with van der Waals surface area (Å²) in [6, 6.07) is 1.88. The molecule has 9 heteroatoms. The number of thiophene rings is 1. The van der Waals surface area contributed by atoms with Crippen molar-refractivity contribution in [3.63, 3.8) is 0 Å². The number of hydrogen-bond donors (Lipinski definition) is 1. The molecule has 0 radical (unpaired) electrons. The van der Waals surface area contributed by atoms with Gasteiger partial charge in [-0.3, -0.25) is 9.59 Å². The smallest absolute Gasteiger partial charge is 0.274 e. The van der Waals surface area contributed by atoms with Crippen molar-refractivity contribution in [3.05, 3.63) is 39.3 Å². The number of nitrogens with zero attached hydrogens (tertiary/aromatic N) is 4. The maximum atomic E-state index is 13.0. The summed E-state index contributed by atoms with van der Waals surface area (Å²) in [5.74, 6) is 0.346. The fourth-order valence-corrected chi connectivity index (χ4v) is 4.42. The first-order valence-corrected chi connectivity index (χ1v) is 10.8. The van der Waals surface area contributed by atoms with Crippen LogP contribution in [0.2, 0.25) is 5.02 Å². The van der Waals surface area contributed by atoms with E-state index in [4.69, 9.17) is 11.6 Å². The normalized spacial score (nSPS) is 17.8. The molecule has 0 aliphatic carbocycles. The molecule has 2 fully saturated rings. The van der Waals surface area contributed by atoms with Crippen molar-refractivity contribution in [3.8, 4) is 0 Å². The first kappa shape index (κ1) is 19.1. The molecule has 2 aromatic heterocycles. The number of anilines is 1. The van der Waals surface area contributed by atoms with Gasteiger partial charge >= 0.3 is 0 Å². The minimum atomic E-state index is -0.171. The van der Waals surface area contributed by atoms with Crippen LogP contribution in [0.5, 0.6) is 0 Å². The molecule has 0 unspecified atom stereocenters. The standard InChI is InChI=1S/C19H22ClN5O2S/c20-15-11-21-19(25-6-1-2-7-25)23-16(15)18(27)24-8-3-14(4-9-24)22-17(26)13-5-10-28-12-13/h5,10-12,14H,1-4,6-9H2,(H,22,26). The molecule has 4 rings (SSSR count). The van der Waals surface area contributed by atoms with Crippen LogP contribution in [0.25, 0.3) is 0 Å². The summed E-state index contributed by atoms with van der Waals surface area (Å²) in [4.78, 5) is 37.7. The van der Waals surface area contributed by atoms with Crippen molar-refractivity contribution in [2.24, 2.45) is 0 Å². The van der Waals surface area contributed by atoms with Gasteiger partial charge in [-0.1, -0.05) is 11.6 Å². The van der Waals surface area contributed by atoms with Gasteiger partial charge in [0.25, 0.3) is 11.8 Å². The Morgan fingerprint density at radius 2 is 1.93 bits per heavy atom. The number of aromatic nitrogens is 2. The van der Waals surface area contributed by atoms with E-state index in [1.54, 1.807) is 4.90 Å². The molecule has 0 bridgehead atoms. The molecule has 2 amide bonds. The van der Waals surface area contributed by atoms with Crippen molar-refractivity contribution < 1.29 is 9.59 Å². The third kappa shape index (κ3) is 4.12. The Balaban J connectivity index is 1.37. The molecular weight excluding hydrogens is 398 g/mol. The molecule has 2 aliphatic rings. The molecule has 1 N–H and O–H groups in total. The maximum absolute atomic E-state index is 13.0. The van der Waals surface area contributed by atoms with Crippen LogP contribution in [-0.4, -0.2) is 58.9 Å². The monoisotopic (exact) mass is 419 g/mol. The summed E-state index contributed by atoms with van der Waals surface area (Å²) in [6.45, 7) is 2.94. The van der Waals surface area contributed by atoms with Gasteiger partial charge in [-0.15, -0.1) is 0 Å². The van der Waals surface area contributed by atoms with Crippen LogP contribution in [0.4, 0.5) is 5.95 Å². The van der Waals surface area contributed by atoms with Gasteiger partial charge in [-0.2, -0.15) is 11.3 Å². The average molecular weight is 420 g/mol. The number of halogens is 1. The molecule has 0 spiro atoms. The van der Waals surface area contributed by atoms with Crippen LogP contribution >= 0.6 is 22.9 Å². The lowest BCUT2D eigenvalue weighted by Gasteiger charge is -2.32. The van der Waals surface area contributed by atoms with Crippen molar-refractivity contribution >= 4 is 40.7 Å². The van der Waals surface area contributed by atoms with Crippen LogP contribution in [0.15, 0.2) is 23.0 Å². The maximum Gasteiger partial charge on any atom is 0.274 e. The number of piperidine rings is 1. The summed E-state index contributed by atoms with van der Waals surface area (Å²) in [7, 11) is 0. The zero-order chi connectivity index (χ0) is 19.5. The van der Waals surface area contributed by atoms with Crippen LogP contribution in [0.3, 0.4) is 0 Å². The van der Waals surface area contributed by atoms with Crippen molar-refractivity contribution in [1.82, 2.24) is 20.2 Å². The van der Waals surface area contributed by atoms with Gasteiger partial charge < -0.3 is 15.1 Å². The molecule has 4 heterocycles. The van der Waals surface area contributed by atoms with E-state index in [0.29, 0.717) is 37.4 Å². The van der Waals surface area contributed by atoms with Gasteiger partial charge in [0.2, 0.25) is 5.95 Å². The Bertz CT molecular complexity index is 846. The molecule has 0 atom stereocenters. The van der Waals surface area contributed by atoms with Crippen LogP contribution in [0, 0.1) is 0 Å². The van der Waals surface area contributed by atoms with Crippen molar-refractivity contribution in [1.29, 1.82) is 0 Å². The highest BCUT2D eigenvalue weighted by atomic mass is 35.5. The summed E-state index contributed by atoms with van der Waals surface area (Å²) < 4.78 is 0. The lowest BCUT2D eigenvalue weighted by molar-refractivity contribution is 0.0692. The highest BCUT2D eigenvalue weighted by Gasteiger charge is 2.28. The third-order valence-electron chi connectivity index (χ3n) is 5.22. The summed E-state index contributed by atoms with van der Waals surface area (Å²) >= 11 is 7.73. The van der Waals surface area contributed by atoms with Gasteiger partial charge in [0.05, 0.1) is 11.2 Å². The second kappa shape index (κ2) is 8.45. The van der Waals surface area contributed by atoms with Gasteiger partial charge in [-0.05, 0) is 37.1 Å². The van der Waals surface area contributed by atoms with E-state index in [2.05, 4.69) is 20.2 Å². The molecule has 0 saturated carbocycles. The van der Waals surface area contributed by atoms with Crippen molar-refractivity contribution in [2.75, 3.05) is 31.1 Å². The largest absolute Gasteiger partial charge is 0.349 e. The molecule has 148 valence electrons. The first-order valence-electron chi connectivity index (χ1n) is 9.51. The SMILES string of the molecule is O=C(NC1CCN(C(=O)c2nc(N3CCCC3)ncc2Cl)CC1)c1ccsc1. The van der Waals surface area contributed by atoms with E-state index in [-0.39, 0.29) is 28.6 Å². The Labute approximate surface area is 172 Å². The van der Waals surface area contributed by atoms with E-state index >= 15 is 0 Å². The molecule has 2 aliphatic heterocycles. The highest BCUT2D eigenvalue weighted by Crippen LogP contribution is 2.22. The average Bonchev–Trinajstić information content (AvgIpc) is 3.42. The fourth-order valence-electron chi connectivity index (χ4n) is 3.62. The second-order valence-electron chi connectivity index (χ2n) is 7.11. The number of carbonyl (C=O) groups excluding carboxylic acids is 2. The second-order valence-corrected chi connectivity index (χ2v) is 8.30. The number of nitrogens with one attached hydrogen (secondary N) is 1. The van der Waals surface area contributed by atoms with Crippen LogP contribution < -0.4 is 10.2 Å². The number of likely N-dealkylation sites (tertiary alicyclic amines) is 1. The summed E-state index contributed by atoms with van der Waals surface area (Å²) in [6.07, 6.45) is 5.16. The van der Waals surface area contributed by atoms with Gasteiger partial charge in [-0.25, -0.2) is 9.97 Å². The van der Waals surface area contributed by atoms with Gasteiger partial charge in [0.15, 0.2) is 5.69 Å². The topological polar surface area (TPSA) is 78.4 Å². The number of amides is 2. The molecule has 2 saturated heterocycles. The quantitative estimate of drug-likeness (QED) is 0.824. The Hall–Kier alpha value is -2.19. The lowest BCUT2D eigenvalue weighted by atomic mass is 10.0. The number of rotatable bonds is 4. The Morgan fingerprint density at radius 3 is 2.61 bits per heavy atom. The highest BCUT2D eigenvalue weighted by molar-refractivity contribution is 7.08. The van der Waals surface area contributed by atoms with Gasteiger partial charge in [0.1, 0.15) is 0 Å². The van der Waals surface area contributed by atoms with Crippen molar-refractivity contribution in [2.45, 2.75) is 31.7 Å². The minimum Gasteiger partial charge on any atom is -0.349 e. The first-order chi connectivity index (χ1) is 13.6. The Morgan fingerprint density at radius 1 is 1.18 bits per heavy atom. The summed E-state index contributed by atoms with van der Waals surface area (Å²) in [5.41, 5.74) is 0.949. The predicted molar refractivity (Wildman–Crippen MR) is 109 cm³/mol. The molecule has 0 aromatic carbocycles. The van der Waals surface area contributed by atoms with E-state index < -0.39 is 0 Å². The Kier molecular flexibility index (Phi) is 5.77. The minimum absolute atomic E-state index is 0.0554. The van der Waals surface area contributed by atoms with E-state index in [9.17, 15) is 9.59 Å². The predicted octanol–water partition coefficient (Wildman–Crippen LogP) is 2.83. The molecule has 28 heavy (non-hydrogen) atoms. The zero-order valence-electron chi connectivity index (χ0n) is 15.4. The van der Waals surface area contributed by atoms with E-state index in [0.717, 1.165) is 25.9 Å². The number of carbonyl (C=O) groups is 2. The van der Waals surface area contributed by atoms with Crippen LogP contribution in [-0.2, 0) is 0 Å². The molecule has 7 nitrogen and oxygen atoms in total. The third-order valence-corrected chi connectivity index (χ3v) is 6.18. The van der Waals surface area contributed by atoms with E-state index in [1.807, 2.05) is 16.8 Å². The van der Waals surface area contributed by atoms with Crippen LogP contribution in [0.1, 0.15) is 46.5 Å². The number of hydrogen-bond acceptors (Lipinski definition) is 6.